The molecule has 1 saturated heterocycles. The van der Waals surface area contributed by atoms with Crippen molar-refractivity contribution in [3.63, 3.8) is 0 Å². The Kier molecular flexibility index (Phi) is 5.73. The molecule has 1 atom stereocenters. The van der Waals surface area contributed by atoms with Gasteiger partial charge < -0.3 is 15.4 Å². The summed E-state index contributed by atoms with van der Waals surface area (Å²) in [5, 5.41) is 5.64. The van der Waals surface area contributed by atoms with Crippen LogP contribution in [0.25, 0.3) is 0 Å². The molecule has 26 heavy (non-hydrogen) atoms. The molecular formula is C20H23N3O3. The minimum absolute atomic E-state index is 0.151. The molecule has 0 saturated carbocycles. The molecule has 3 rings (SSSR count). The second-order valence-corrected chi connectivity index (χ2v) is 6.19. The zero-order valence-electron chi connectivity index (χ0n) is 14.8. The van der Waals surface area contributed by atoms with Crippen molar-refractivity contribution in [2.75, 3.05) is 25.1 Å². The van der Waals surface area contributed by atoms with Gasteiger partial charge in [-0.1, -0.05) is 30.3 Å². The standard InChI is InChI=1S/C20H23N3O3/c1-26-17-11-9-16(10-12-17)23-14-18(22-20(23)25)19(24)21-13-5-8-15-6-3-2-4-7-15/h2-4,6-7,9-12,18H,5,8,13-14H2,1H3,(H,21,24)(H,22,25). The third kappa shape index (κ3) is 4.33. The first-order valence-electron chi connectivity index (χ1n) is 8.71. The number of ether oxygens (including phenoxy) is 1. The molecular weight excluding hydrogens is 330 g/mol. The Balaban J connectivity index is 1.47. The van der Waals surface area contributed by atoms with Crippen molar-refractivity contribution < 1.29 is 14.3 Å². The average Bonchev–Trinajstić information content (AvgIpc) is 3.08. The van der Waals surface area contributed by atoms with Gasteiger partial charge in [0.25, 0.3) is 0 Å². The fourth-order valence-corrected chi connectivity index (χ4v) is 2.94. The van der Waals surface area contributed by atoms with E-state index >= 15 is 0 Å². The first kappa shape index (κ1) is 17.8. The average molecular weight is 353 g/mol. The number of nitrogens with one attached hydrogen (secondary N) is 2. The maximum Gasteiger partial charge on any atom is 0.322 e. The molecule has 2 N–H and O–H groups in total. The maximum atomic E-state index is 12.3. The number of carbonyl (C=O) groups excluding carboxylic acids is 2. The summed E-state index contributed by atoms with van der Waals surface area (Å²) in [5.41, 5.74) is 1.99. The van der Waals surface area contributed by atoms with E-state index in [2.05, 4.69) is 22.8 Å². The van der Waals surface area contributed by atoms with Crippen LogP contribution < -0.4 is 20.3 Å². The van der Waals surface area contributed by atoms with Gasteiger partial charge in [0.1, 0.15) is 11.8 Å². The van der Waals surface area contributed by atoms with Crippen LogP contribution in [0.15, 0.2) is 54.6 Å². The van der Waals surface area contributed by atoms with Gasteiger partial charge in [-0.2, -0.15) is 0 Å². The van der Waals surface area contributed by atoms with Crippen LogP contribution in [0.5, 0.6) is 5.75 Å². The Labute approximate surface area is 153 Å². The Morgan fingerprint density at radius 3 is 2.62 bits per heavy atom. The first-order chi connectivity index (χ1) is 12.7. The van der Waals surface area contributed by atoms with Crippen LogP contribution in [0.2, 0.25) is 0 Å². The highest BCUT2D eigenvalue weighted by molar-refractivity contribution is 6.00. The predicted molar refractivity (Wildman–Crippen MR) is 100 cm³/mol. The molecule has 1 aliphatic heterocycles. The van der Waals surface area contributed by atoms with E-state index in [1.165, 1.54) is 5.56 Å². The van der Waals surface area contributed by atoms with Crippen molar-refractivity contribution in [1.29, 1.82) is 0 Å². The molecule has 2 aromatic rings. The molecule has 1 heterocycles. The van der Waals surface area contributed by atoms with E-state index in [4.69, 9.17) is 4.74 Å². The van der Waals surface area contributed by atoms with Gasteiger partial charge in [0.2, 0.25) is 5.91 Å². The van der Waals surface area contributed by atoms with Crippen molar-refractivity contribution in [3.8, 4) is 5.75 Å². The number of carbonyl (C=O) groups is 2. The Morgan fingerprint density at radius 1 is 1.19 bits per heavy atom. The molecule has 6 heteroatoms. The second-order valence-electron chi connectivity index (χ2n) is 6.19. The Morgan fingerprint density at radius 2 is 1.92 bits per heavy atom. The molecule has 2 aromatic carbocycles. The predicted octanol–water partition coefficient (Wildman–Crippen LogP) is 2.34. The van der Waals surface area contributed by atoms with Gasteiger partial charge >= 0.3 is 6.03 Å². The summed E-state index contributed by atoms with van der Waals surface area (Å²) in [7, 11) is 1.59. The number of methoxy groups -OCH3 is 1. The lowest BCUT2D eigenvalue weighted by Gasteiger charge is -2.15. The molecule has 0 spiro atoms. The van der Waals surface area contributed by atoms with Gasteiger partial charge in [-0.15, -0.1) is 0 Å². The second kappa shape index (κ2) is 8.38. The lowest BCUT2D eigenvalue weighted by atomic mass is 10.1. The Bertz CT molecular complexity index is 747. The molecule has 136 valence electrons. The highest BCUT2D eigenvalue weighted by Gasteiger charge is 2.34. The normalized spacial score (nSPS) is 16.3. The number of hydrogen-bond donors (Lipinski definition) is 2. The van der Waals surface area contributed by atoms with Gasteiger partial charge in [-0.25, -0.2) is 4.79 Å². The summed E-state index contributed by atoms with van der Waals surface area (Å²) in [6.45, 7) is 0.901. The summed E-state index contributed by atoms with van der Waals surface area (Å²) in [6, 6.07) is 16.5. The first-order valence-corrected chi connectivity index (χ1v) is 8.71. The zero-order valence-corrected chi connectivity index (χ0v) is 14.8. The highest BCUT2D eigenvalue weighted by Crippen LogP contribution is 2.21. The van der Waals surface area contributed by atoms with E-state index in [0.717, 1.165) is 24.3 Å². The number of anilines is 1. The molecule has 1 unspecified atom stereocenters. The van der Waals surface area contributed by atoms with Crippen molar-refractivity contribution in [1.82, 2.24) is 10.6 Å². The topological polar surface area (TPSA) is 70.7 Å². The van der Waals surface area contributed by atoms with Gasteiger partial charge in [0, 0.05) is 12.2 Å². The summed E-state index contributed by atoms with van der Waals surface area (Å²) < 4.78 is 5.12. The Hall–Kier alpha value is -3.02. The molecule has 1 aliphatic rings. The summed E-state index contributed by atoms with van der Waals surface area (Å²) in [6.07, 6.45) is 1.77. The highest BCUT2D eigenvalue weighted by atomic mass is 16.5. The molecule has 0 radical (unpaired) electrons. The van der Waals surface area contributed by atoms with Crippen LogP contribution in [0.1, 0.15) is 12.0 Å². The summed E-state index contributed by atoms with van der Waals surface area (Å²) >= 11 is 0. The van der Waals surface area contributed by atoms with E-state index in [1.54, 1.807) is 36.3 Å². The van der Waals surface area contributed by atoms with Gasteiger partial charge in [-0.3, -0.25) is 9.69 Å². The third-order valence-corrected chi connectivity index (χ3v) is 4.39. The minimum Gasteiger partial charge on any atom is -0.497 e. The van der Waals surface area contributed by atoms with Gasteiger partial charge in [0.05, 0.1) is 13.7 Å². The number of rotatable bonds is 7. The monoisotopic (exact) mass is 353 g/mol. The number of amides is 3. The van der Waals surface area contributed by atoms with Crippen LogP contribution in [0, 0.1) is 0 Å². The summed E-state index contributed by atoms with van der Waals surface area (Å²) in [4.78, 5) is 26.0. The van der Waals surface area contributed by atoms with Gasteiger partial charge in [0.15, 0.2) is 0 Å². The van der Waals surface area contributed by atoms with Crippen LogP contribution in [0.4, 0.5) is 10.5 Å². The van der Waals surface area contributed by atoms with E-state index in [0.29, 0.717) is 13.1 Å². The number of nitrogens with zero attached hydrogens (tertiary/aromatic N) is 1. The number of urea groups is 1. The van der Waals surface area contributed by atoms with E-state index in [-0.39, 0.29) is 11.9 Å². The number of benzene rings is 2. The smallest absolute Gasteiger partial charge is 0.322 e. The lowest BCUT2D eigenvalue weighted by Crippen LogP contribution is -2.43. The number of aryl methyl sites for hydroxylation is 1. The zero-order chi connectivity index (χ0) is 18.4. The number of hydrogen-bond acceptors (Lipinski definition) is 3. The molecule has 0 bridgehead atoms. The maximum absolute atomic E-state index is 12.3. The van der Waals surface area contributed by atoms with Crippen LogP contribution in [-0.2, 0) is 11.2 Å². The van der Waals surface area contributed by atoms with Crippen LogP contribution >= 0.6 is 0 Å². The quantitative estimate of drug-likeness (QED) is 0.751. The molecule has 1 fully saturated rings. The van der Waals surface area contributed by atoms with Crippen molar-refractivity contribution in [3.05, 3.63) is 60.2 Å². The van der Waals surface area contributed by atoms with Gasteiger partial charge in [-0.05, 0) is 42.7 Å². The molecule has 0 aliphatic carbocycles. The fourth-order valence-electron chi connectivity index (χ4n) is 2.94. The van der Waals surface area contributed by atoms with Crippen molar-refractivity contribution in [2.24, 2.45) is 0 Å². The van der Waals surface area contributed by atoms with Crippen LogP contribution in [0.3, 0.4) is 0 Å². The van der Waals surface area contributed by atoms with Crippen LogP contribution in [-0.4, -0.2) is 38.2 Å². The third-order valence-electron chi connectivity index (χ3n) is 4.39. The lowest BCUT2D eigenvalue weighted by molar-refractivity contribution is -0.122. The molecule has 0 aromatic heterocycles. The van der Waals surface area contributed by atoms with E-state index in [1.807, 2.05) is 18.2 Å². The largest absolute Gasteiger partial charge is 0.497 e. The van der Waals surface area contributed by atoms with E-state index in [9.17, 15) is 9.59 Å². The van der Waals surface area contributed by atoms with Crippen molar-refractivity contribution >= 4 is 17.6 Å². The molecule has 3 amide bonds. The SMILES string of the molecule is COc1ccc(N2CC(C(=O)NCCCc3ccccc3)NC2=O)cc1. The summed E-state index contributed by atoms with van der Waals surface area (Å²) in [5.74, 6) is 0.573. The molecule has 6 nitrogen and oxygen atoms in total. The van der Waals surface area contributed by atoms with E-state index < -0.39 is 6.04 Å². The fraction of sp³-hybridized carbons (Fsp3) is 0.300. The van der Waals surface area contributed by atoms with Crippen molar-refractivity contribution in [2.45, 2.75) is 18.9 Å². The minimum atomic E-state index is -0.540.